The fourth-order valence-electron chi connectivity index (χ4n) is 3.40. The van der Waals surface area contributed by atoms with E-state index in [0.717, 1.165) is 0 Å². The fraction of sp³-hybridized carbons (Fsp3) is 0. The Morgan fingerprint density at radius 1 is 1.06 bits per heavy atom. The minimum atomic E-state index is -0.584. The van der Waals surface area contributed by atoms with Gasteiger partial charge in [0.2, 0.25) is 0 Å². The van der Waals surface area contributed by atoms with Crippen LogP contribution >= 0.6 is 11.6 Å². The molecular formula is C24H14ClN9O2. The number of hydrogen-bond acceptors (Lipinski definition) is 9. The fourth-order valence-corrected chi connectivity index (χ4v) is 3.51. The SMILES string of the molecule is N#Cc1cnn(-c2ncccn2)c1N=Nc1c(O)c(C(=O)Nc2ccc(Cl)nc2)cc2ccccc12. The van der Waals surface area contributed by atoms with Crippen LogP contribution in [-0.4, -0.2) is 35.7 Å². The molecule has 0 saturated carbocycles. The molecule has 3 heterocycles. The number of nitrogens with zero attached hydrogens (tertiary/aromatic N) is 8. The van der Waals surface area contributed by atoms with Gasteiger partial charge in [0.1, 0.15) is 22.5 Å². The number of carbonyl (C=O) groups excluding carboxylic acids is 1. The summed E-state index contributed by atoms with van der Waals surface area (Å²) in [7, 11) is 0. The number of amides is 1. The smallest absolute Gasteiger partial charge is 0.259 e. The number of fused-ring (bicyclic) bond motifs is 1. The lowest BCUT2D eigenvalue weighted by molar-refractivity contribution is 0.102. The number of phenols is 1. The number of carbonyl (C=O) groups is 1. The van der Waals surface area contributed by atoms with Crippen LogP contribution in [-0.2, 0) is 0 Å². The van der Waals surface area contributed by atoms with E-state index in [-0.39, 0.29) is 33.7 Å². The molecule has 12 heteroatoms. The van der Waals surface area contributed by atoms with Crippen LogP contribution in [0.1, 0.15) is 15.9 Å². The summed E-state index contributed by atoms with van der Waals surface area (Å²) in [6.07, 6.45) is 5.76. The first kappa shape index (κ1) is 22.6. The molecule has 0 atom stereocenters. The number of halogens is 1. The first-order valence-electron chi connectivity index (χ1n) is 10.4. The van der Waals surface area contributed by atoms with Gasteiger partial charge in [0.25, 0.3) is 11.9 Å². The Bertz CT molecular complexity index is 1660. The van der Waals surface area contributed by atoms with Crippen molar-refractivity contribution in [2.24, 2.45) is 10.2 Å². The molecule has 5 aromatic rings. The molecule has 0 fully saturated rings. The van der Waals surface area contributed by atoms with Crippen LogP contribution in [0.15, 0.2) is 83.5 Å². The number of hydrogen-bond donors (Lipinski definition) is 2. The van der Waals surface area contributed by atoms with Gasteiger partial charge in [0.15, 0.2) is 11.6 Å². The van der Waals surface area contributed by atoms with Crippen molar-refractivity contribution < 1.29 is 9.90 Å². The Kier molecular flexibility index (Phi) is 6.00. The average molecular weight is 496 g/mol. The normalized spacial score (nSPS) is 11.0. The number of azo groups is 1. The van der Waals surface area contributed by atoms with Crippen LogP contribution in [0.25, 0.3) is 16.7 Å². The van der Waals surface area contributed by atoms with Gasteiger partial charge in [-0.3, -0.25) is 4.79 Å². The van der Waals surface area contributed by atoms with Crippen molar-refractivity contribution in [1.29, 1.82) is 5.26 Å². The first-order chi connectivity index (χ1) is 17.5. The van der Waals surface area contributed by atoms with E-state index in [0.29, 0.717) is 16.5 Å². The maximum absolute atomic E-state index is 13.0. The number of aromatic hydroxyl groups is 1. The molecule has 0 bridgehead atoms. The van der Waals surface area contributed by atoms with Gasteiger partial charge in [-0.25, -0.2) is 15.0 Å². The van der Waals surface area contributed by atoms with Crippen LogP contribution in [0.2, 0.25) is 5.15 Å². The van der Waals surface area contributed by atoms with Crippen LogP contribution in [0.4, 0.5) is 17.2 Å². The number of anilines is 1. The van der Waals surface area contributed by atoms with Crippen molar-refractivity contribution in [3.63, 3.8) is 0 Å². The number of pyridine rings is 1. The Morgan fingerprint density at radius 2 is 1.86 bits per heavy atom. The highest BCUT2D eigenvalue weighted by molar-refractivity contribution is 6.29. The highest BCUT2D eigenvalue weighted by Gasteiger charge is 2.20. The number of rotatable bonds is 5. The number of nitrogens with one attached hydrogen (secondary N) is 1. The number of nitriles is 1. The average Bonchev–Trinajstić information content (AvgIpc) is 3.32. The van der Waals surface area contributed by atoms with Crippen molar-refractivity contribution in [1.82, 2.24) is 24.7 Å². The van der Waals surface area contributed by atoms with Crippen molar-refractivity contribution in [2.75, 3.05) is 5.32 Å². The van der Waals surface area contributed by atoms with Gasteiger partial charge < -0.3 is 10.4 Å². The summed E-state index contributed by atoms with van der Waals surface area (Å²) in [4.78, 5) is 25.2. The van der Waals surface area contributed by atoms with Gasteiger partial charge in [-0.1, -0.05) is 35.9 Å². The largest absolute Gasteiger partial charge is 0.505 e. The number of phenolic OH excluding ortho intramolecular Hbond substituents is 1. The molecule has 0 aliphatic heterocycles. The Morgan fingerprint density at radius 3 is 2.61 bits per heavy atom. The van der Waals surface area contributed by atoms with Crippen LogP contribution in [0.5, 0.6) is 5.75 Å². The highest BCUT2D eigenvalue weighted by Crippen LogP contribution is 2.40. The summed E-state index contributed by atoms with van der Waals surface area (Å²) < 4.78 is 1.26. The maximum Gasteiger partial charge on any atom is 0.259 e. The van der Waals surface area contributed by atoms with Gasteiger partial charge in [0, 0.05) is 17.8 Å². The quantitative estimate of drug-likeness (QED) is 0.253. The van der Waals surface area contributed by atoms with E-state index in [9.17, 15) is 15.2 Å². The summed E-state index contributed by atoms with van der Waals surface area (Å²) in [5.41, 5.74) is 0.529. The molecule has 2 N–H and O–H groups in total. The van der Waals surface area contributed by atoms with Crippen LogP contribution in [0, 0.1) is 11.3 Å². The predicted molar refractivity (Wildman–Crippen MR) is 131 cm³/mol. The number of benzene rings is 2. The topological polar surface area (TPSA) is 154 Å². The summed E-state index contributed by atoms with van der Waals surface area (Å²) in [6, 6.07) is 15.4. The van der Waals surface area contributed by atoms with E-state index in [4.69, 9.17) is 11.6 Å². The summed E-state index contributed by atoms with van der Waals surface area (Å²) >= 11 is 5.80. The molecule has 0 unspecified atom stereocenters. The zero-order valence-corrected chi connectivity index (χ0v) is 19.0. The molecule has 5 rings (SSSR count). The van der Waals surface area contributed by atoms with Gasteiger partial charge in [-0.15, -0.1) is 10.2 Å². The monoisotopic (exact) mass is 495 g/mol. The molecule has 2 aromatic carbocycles. The molecule has 174 valence electrons. The lowest BCUT2D eigenvalue weighted by atomic mass is 10.0. The summed E-state index contributed by atoms with van der Waals surface area (Å²) in [5.74, 6) is -0.724. The second-order valence-corrected chi connectivity index (χ2v) is 7.71. The van der Waals surface area contributed by atoms with Gasteiger partial charge in [0.05, 0.1) is 23.6 Å². The highest BCUT2D eigenvalue weighted by atomic mass is 35.5. The molecule has 0 saturated heterocycles. The lowest BCUT2D eigenvalue weighted by Gasteiger charge is -2.11. The first-order valence-corrected chi connectivity index (χ1v) is 10.8. The molecule has 11 nitrogen and oxygen atoms in total. The lowest BCUT2D eigenvalue weighted by Crippen LogP contribution is -2.12. The van der Waals surface area contributed by atoms with E-state index in [2.05, 4.69) is 35.6 Å². The molecule has 36 heavy (non-hydrogen) atoms. The molecule has 0 aliphatic carbocycles. The van der Waals surface area contributed by atoms with Crippen LogP contribution in [0.3, 0.4) is 0 Å². The standard InChI is InChI=1S/C24H14ClN9O2/c25-19-7-6-16(13-29-19)31-23(36)18-10-14-4-1-2-5-17(14)20(21(18)35)32-33-22-15(11-26)12-30-34(22)24-27-8-3-9-28-24/h1-10,12-13,35H,(H,31,36). The summed E-state index contributed by atoms with van der Waals surface area (Å²) in [5, 5.41) is 37.3. The van der Waals surface area contributed by atoms with E-state index >= 15 is 0 Å². The third-order valence-electron chi connectivity index (χ3n) is 5.08. The van der Waals surface area contributed by atoms with E-state index in [1.54, 1.807) is 42.5 Å². The Balaban J connectivity index is 1.60. The van der Waals surface area contributed by atoms with Crippen molar-refractivity contribution in [3.8, 4) is 17.8 Å². The molecule has 1 amide bonds. The summed E-state index contributed by atoms with van der Waals surface area (Å²) in [6.45, 7) is 0. The Labute approximate surface area is 208 Å². The van der Waals surface area contributed by atoms with Crippen molar-refractivity contribution >= 4 is 45.5 Å². The van der Waals surface area contributed by atoms with Crippen molar-refractivity contribution in [3.05, 3.63) is 89.6 Å². The second-order valence-electron chi connectivity index (χ2n) is 7.32. The van der Waals surface area contributed by atoms with Gasteiger partial charge >= 0.3 is 0 Å². The third-order valence-corrected chi connectivity index (χ3v) is 5.30. The number of aromatic nitrogens is 5. The zero-order valence-electron chi connectivity index (χ0n) is 18.2. The molecular weight excluding hydrogens is 482 g/mol. The molecule has 0 spiro atoms. The minimum absolute atomic E-state index is 0.0296. The molecule has 3 aromatic heterocycles. The van der Waals surface area contributed by atoms with E-state index in [1.165, 1.54) is 35.5 Å². The third kappa shape index (κ3) is 4.31. The minimum Gasteiger partial charge on any atom is -0.505 e. The molecule has 0 radical (unpaired) electrons. The van der Waals surface area contributed by atoms with Gasteiger partial charge in [-0.05, 0) is 29.7 Å². The van der Waals surface area contributed by atoms with Gasteiger partial charge in [-0.2, -0.15) is 15.0 Å². The van der Waals surface area contributed by atoms with Crippen LogP contribution < -0.4 is 5.32 Å². The maximum atomic E-state index is 13.0. The second kappa shape index (κ2) is 9.57. The van der Waals surface area contributed by atoms with E-state index in [1.807, 2.05) is 6.07 Å². The molecule has 0 aliphatic rings. The zero-order chi connectivity index (χ0) is 25.1. The van der Waals surface area contributed by atoms with E-state index < -0.39 is 11.7 Å². The van der Waals surface area contributed by atoms with Crippen molar-refractivity contribution in [2.45, 2.75) is 0 Å². The Hall–Kier alpha value is -5.21. The predicted octanol–water partition coefficient (Wildman–Crippen LogP) is 5.11.